The van der Waals surface area contributed by atoms with Crippen molar-refractivity contribution in [3.8, 4) is 0 Å². The van der Waals surface area contributed by atoms with Crippen LogP contribution in [-0.4, -0.2) is 4.57 Å². The number of unbranched alkanes of at least 4 members (excludes halogenated alkanes) is 9. The molecule has 1 heterocycles. The maximum absolute atomic E-state index is 2.54. The monoisotopic (exact) mass is 321 g/mol. The van der Waals surface area contributed by atoms with Crippen LogP contribution in [-0.2, 0) is 19.5 Å². The number of rotatable bonds is 15. The fourth-order valence-corrected chi connectivity index (χ4v) is 3.38. The van der Waals surface area contributed by atoms with Gasteiger partial charge in [0.25, 0.3) is 5.82 Å². The first-order valence-corrected chi connectivity index (χ1v) is 10.4. The topological polar surface area (TPSA) is 8.81 Å². The van der Waals surface area contributed by atoms with Gasteiger partial charge in [-0.25, -0.2) is 9.13 Å². The van der Waals surface area contributed by atoms with Crippen LogP contribution < -0.4 is 4.57 Å². The number of hydrogen-bond acceptors (Lipinski definition) is 0. The van der Waals surface area contributed by atoms with E-state index in [0.717, 1.165) is 0 Å². The largest absolute Gasteiger partial charge is 0.256 e. The average Bonchev–Trinajstić information content (AvgIpc) is 2.93. The first-order valence-electron chi connectivity index (χ1n) is 10.4. The Kier molecular flexibility index (Phi) is 12.0. The zero-order valence-electron chi connectivity index (χ0n) is 16.2. The van der Waals surface area contributed by atoms with Crippen LogP contribution >= 0.6 is 0 Å². The molecule has 0 aromatic carbocycles. The standard InChI is InChI=1S/C21H41N2/c1-4-7-9-11-13-15-18-23-20-19-22(17-6-3)21(23)16-14-12-10-8-5-2/h19-20H,4-18H2,1-3H3/q+1. The van der Waals surface area contributed by atoms with Gasteiger partial charge in [-0.1, -0.05) is 72.1 Å². The van der Waals surface area contributed by atoms with E-state index < -0.39 is 0 Å². The average molecular weight is 322 g/mol. The lowest BCUT2D eigenvalue weighted by atomic mass is 10.1. The molecule has 1 rings (SSSR count). The van der Waals surface area contributed by atoms with Gasteiger partial charge >= 0.3 is 0 Å². The molecule has 0 unspecified atom stereocenters. The molecule has 134 valence electrons. The summed E-state index contributed by atoms with van der Waals surface area (Å²) in [5, 5.41) is 0. The Morgan fingerprint density at radius 3 is 2.00 bits per heavy atom. The van der Waals surface area contributed by atoms with E-state index in [1.165, 1.54) is 96.6 Å². The van der Waals surface area contributed by atoms with Crippen LogP contribution in [0.1, 0.15) is 104 Å². The molecule has 0 aliphatic carbocycles. The van der Waals surface area contributed by atoms with E-state index in [9.17, 15) is 0 Å². The lowest BCUT2D eigenvalue weighted by Gasteiger charge is -2.05. The van der Waals surface area contributed by atoms with E-state index in [0.29, 0.717) is 0 Å². The summed E-state index contributed by atoms with van der Waals surface area (Å²) in [6.45, 7) is 9.25. The van der Waals surface area contributed by atoms with E-state index in [4.69, 9.17) is 0 Å². The fourth-order valence-electron chi connectivity index (χ4n) is 3.38. The molecule has 0 aliphatic rings. The van der Waals surface area contributed by atoms with E-state index in [2.05, 4.69) is 42.3 Å². The van der Waals surface area contributed by atoms with Crippen LogP contribution in [0.5, 0.6) is 0 Å². The molecule has 0 saturated carbocycles. The van der Waals surface area contributed by atoms with Gasteiger partial charge in [0.15, 0.2) is 0 Å². The second kappa shape index (κ2) is 13.6. The van der Waals surface area contributed by atoms with Crippen molar-refractivity contribution in [3.05, 3.63) is 18.2 Å². The molecule has 0 bridgehead atoms. The second-order valence-corrected chi connectivity index (χ2v) is 7.03. The lowest BCUT2D eigenvalue weighted by Crippen LogP contribution is -2.37. The summed E-state index contributed by atoms with van der Waals surface area (Å²) < 4.78 is 5.03. The van der Waals surface area contributed by atoms with Crippen LogP contribution in [0.25, 0.3) is 0 Å². The first kappa shape index (κ1) is 20.3. The maximum Gasteiger partial charge on any atom is 0.256 e. The van der Waals surface area contributed by atoms with Crippen LogP contribution in [0.4, 0.5) is 0 Å². The Balaban J connectivity index is 2.40. The predicted molar refractivity (Wildman–Crippen MR) is 101 cm³/mol. The van der Waals surface area contributed by atoms with Crippen molar-refractivity contribution in [3.63, 3.8) is 0 Å². The normalized spacial score (nSPS) is 11.3. The van der Waals surface area contributed by atoms with Crippen molar-refractivity contribution in [2.45, 2.75) is 117 Å². The summed E-state index contributed by atoms with van der Waals surface area (Å²) in [5.74, 6) is 1.57. The third-order valence-electron chi connectivity index (χ3n) is 4.81. The van der Waals surface area contributed by atoms with Crippen LogP contribution in [0.2, 0.25) is 0 Å². The highest BCUT2D eigenvalue weighted by Crippen LogP contribution is 2.10. The molecule has 0 amide bonds. The summed E-state index contributed by atoms with van der Waals surface area (Å²) >= 11 is 0. The molecule has 2 heteroatoms. The van der Waals surface area contributed by atoms with Gasteiger partial charge < -0.3 is 0 Å². The van der Waals surface area contributed by atoms with E-state index in [1.807, 2.05) is 0 Å². The Bertz CT molecular complexity index is 381. The van der Waals surface area contributed by atoms with Crippen molar-refractivity contribution in [1.29, 1.82) is 0 Å². The Labute approximate surface area is 145 Å². The van der Waals surface area contributed by atoms with Gasteiger partial charge in [0.2, 0.25) is 0 Å². The quantitative estimate of drug-likeness (QED) is 0.274. The highest BCUT2D eigenvalue weighted by molar-refractivity contribution is 4.84. The van der Waals surface area contributed by atoms with Crippen molar-refractivity contribution in [2.75, 3.05) is 0 Å². The molecular weight excluding hydrogens is 280 g/mol. The molecule has 0 fully saturated rings. The Morgan fingerprint density at radius 1 is 0.739 bits per heavy atom. The maximum atomic E-state index is 2.54. The van der Waals surface area contributed by atoms with Crippen molar-refractivity contribution in [2.24, 2.45) is 0 Å². The molecule has 0 N–H and O–H groups in total. The summed E-state index contributed by atoms with van der Waals surface area (Å²) in [4.78, 5) is 0. The summed E-state index contributed by atoms with van der Waals surface area (Å²) in [5.41, 5.74) is 0. The Morgan fingerprint density at radius 2 is 1.35 bits per heavy atom. The number of nitrogens with zero attached hydrogens (tertiary/aromatic N) is 2. The molecule has 0 saturated heterocycles. The molecule has 23 heavy (non-hydrogen) atoms. The molecule has 1 aromatic rings. The van der Waals surface area contributed by atoms with Crippen molar-refractivity contribution < 1.29 is 4.57 Å². The summed E-state index contributed by atoms with van der Waals surface area (Å²) in [6, 6.07) is 0. The first-order chi connectivity index (χ1) is 11.3. The van der Waals surface area contributed by atoms with Crippen molar-refractivity contribution >= 4 is 0 Å². The summed E-state index contributed by atoms with van der Waals surface area (Å²) in [7, 11) is 0. The zero-order chi connectivity index (χ0) is 16.8. The smallest absolute Gasteiger partial charge is 0.234 e. The molecule has 0 spiro atoms. The fraction of sp³-hybridized carbons (Fsp3) is 0.857. The van der Waals surface area contributed by atoms with Gasteiger partial charge in [-0.05, 0) is 25.7 Å². The Hall–Kier alpha value is -0.790. The van der Waals surface area contributed by atoms with Gasteiger partial charge in [-0.15, -0.1) is 0 Å². The van der Waals surface area contributed by atoms with Crippen molar-refractivity contribution in [1.82, 2.24) is 4.57 Å². The van der Waals surface area contributed by atoms with Crippen LogP contribution in [0.3, 0.4) is 0 Å². The van der Waals surface area contributed by atoms with Gasteiger partial charge in [-0.3, -0.25) is 0 Å². The zero-order valence-corrected chi connectivity index (χ0v) is 16.2. The number of aromatic nitrogens is 2. The lowest BCUT2D eigenvalue weighted by molar-refractivity contribution is -0.703. The predicted octanol–water partition coefficient (Wildman–Crippen LogP) is 6.06. The summed E-state index contributed by atoms with van der Waals surface area (Å²) in [6.07, 6.45) is 22.3. The third kappa shape index (κ3) is 8.58. The van der Waals surface area contributed by atoms with E-state index in [-0.39, 0.29) is 0 Å². The van der Waals surface area contributed by atoms with Crippen LogP contribution in [0, 0.1) is 0 Å². The number of hydrogen-bond donors (Lipinski definition) is 0. The van der Waals surface area contributed by atoms with E-state index >= 15 is 0 Å². The third-order valence-corrected chi connectivity index (χ3v) is 4.81. The molecular formula is C21H41N2+. The molecule has 0 aliphatic heterocycles. The highest BCUT2D eigenvalue weighted by Gasteiger charge is 2.15. The highest BCUT2D eigenvalue weighted by atomic mass is 15.1. The minimum absolute atomic E-state index is 1.17. The SMILES string of the molecule is CCCCCCCCn1cc[n+](CCC)c1CCCCCCC. The second-order valence-electron chi connectivity index (χ2n) is 7.03. The van der Waals surface area contributed by atoms with Gasteiger partial charge in [-0.2, -0.15) is 0 Å². The van der Waals surface area contributed by atoms with E-state index in [1.54, 1.807) is 5.82 Å². The minimum atomic E-state index is 1.17. The van der Waals surface area contributed by atoms with Gasteiger partial charge in [0, 0.05) is 6.42 Å². The molecule has 2 nitrogen and oxygen atoms in total. The number of imidazole rings is 1. The molecule has 1 aromatic heterocycles. The number of aryl methyl sites for hydroxylation is 2. The minimum Gasteiger partial charge on any atom is -0.234 e. The van der Waals surface area contributed by atoms with Crippen LogP contribution in [0.15, 0.2) is 12.4 Å². The molecule has 0 atom stereocenters. The van der Waals surface area contributed by atoms with Gasteiger partial charge in [0.1, 0.15) is 12.4 Å². The molecule has 0 radical (unpaired) electrons. The van der Waals surface area contributed by atoms with Gasteiger partial charge in [0.05, 0.1) is 13.1 Å².